The van der Waals surface area contributed by atoms with Crippen LogP contribution in [0, 0.1) is 0 Å². The highest BCUT2D eigenvalue weighted by molar-refractivity contribution is 7.09. The van der Waals surface area contributed by atoms with E-state index in [-0.39, 0.29) is 5.41 Å². The molecule has 0 spiro atoms. The topological polar surface area (TPSA) is 12.9 Å². The van der Waals surface area contributed by atoms with Crippen molar-refractivity contribution in [3.8, 4) is 0 Å². The first-order valence-electron chi connectivity index (χ1n) is 7.77. The van der Waals surface area contributed by atoms with Gasteiger partial charge in [0.1, 0.15) is 5.01 Å². The van der Waals surface area contributed by atoms with Crippen LogP contribution in [0.1, 0.15) is 68.1 Å². The second-order valence-electron chi connectivity index (χ2n) is 6.04. The maximum atomic E-state index is 5.03. The molecule has 0 bridgehead atoms. The van der Waals surface area contributed by atoms with Gasteiger partial charge in [0, 0.05) is 10.8 Å². The lowest BCUT2D eigenvalue weighted by molar-refractivity contribution is 0.528. The Bertz CT molecular complexity index is 552. The van der Waals surface area contributed by atoms with Crippen molar-refractivity contribution in [3.05, 3.63) is 52.0 Å². The fourth-order valence-electron chi connectivity index (χ4n) is 3.30. The second kappa shape index (κ2) is 5.69. The summed E-state index contributed by atoms with van der Waals surface area (Å²) in [5.41, 5.74) is 2.94. The van der Waals surface area contributed by atoms with E-state index in [2.05, 4.69) is 49.6 Å². The Hall–Kier alpha value is -1.15. The van der Waals surface area contributed by atoms with Gasteiger partial charge < -0.3 is 0 Å². The van der Waals surface area contributed by atoms with Crippen LogP contribution in [0.3, 0.4) is 0 Å². The van der Waals surface area contributed by atoms with Gasteiger partial charge in [0.25, 0.3) is 0 Å². The Balaban J connectivity index is 2.01. The molecule has 0 radical (unpaired) electrons. The van der Waals surface area contributed by atoms with Crippen LogP contribution in [-0.2, 0) is 5.41 Å². The molecule has 2 aromatic rings. The lowest BCUT2D eigenvalue weighted by atomic mass is 9.79. The molecule has 1 aromatic carbocycles. The zero-order valence-corrected chi connectivity index (χ0v) is 13.2. The predicted molar refractivity (Wildman–Crippen MR) is 86.5 cm³/mol. The van der Waals surface area contributed by atoms with Crippen LogP contribution in [0.4, 0.5) is 0 Å². The third kappa shape index (κ3) is 2.31. The highest BCUT2D eigenvalue weighted by atomic mass is 32.1. The van der Waals surface area contributed by atoms with Crippen LogP contribution in [0.15, 0.2) is 35.7 Å². The van der Waals surface area contributed by atoms with E-state index in [1.165, 1.54) is 48.4 Å². The Morgan fingerprint density at radius 3 is 2.55 bits per heavy atom. The summed E-state index contributed by atoms with van der Waals surface area (Å²) in [6.07, 6.45) is 6.33. The van der Waals surface area contributed by atoms with Crippen molar-refractivity contribution in [2.75, 3.05) is 0 Å². The van der Waals surface area contributed by atoms with E-state index in [0.717, 1.165) is 0 Å². The van der Waals surface area contributed by atoms with E-state index in [0.29, 0.717) is 5.92 Å². The summed E-state index contributed by atoms with van der Waals surface area (Å²) in [6, 6.07) is 11.0. The molecule has 1 unspecified atom stereocenters. The van der Waals surface area contributed by atoms with Crippen molar-refractivity contribution in [2.24, 2.45) is 0 Å². The largest absolute Gasteiger partial charge is 0.245 e. The summed E-state index contributed by atoms with van der Waals surface area (Å²) in [5, 5.41) is 3.63. The average molecular weight is 285 g/mol. The molecule has 1 saturated carbocycles. The molecule has 1 aliphatic rings. The molecule has 106 valence electrons. The Morgan fingerprint density at radius 1 is 1.20 bits per heavy atom. The lowest BCUT2D eigenvalue weighted by Gasteiger charge is -2.27. The van der Waals surface area contributed by atoms with Gasteiger partial charge >= 0.3 is 0 Å². The molecule has 1 heterocycles. The molecular weight excluding hydrogens is 262 g/mol. The van der Waals surface area contributed by atoms with E-state index in [9.17, 15) is 0 Å². The van der Waals surface area contributed by atoms with E-state index >= 15 is 0 Å². The highest BCUT2D eigenvalue weighted by Gasteiger charge is 2.39. The average Bonchev–Trinajstić information content (AvgIpc) is 3.17. The molecule has 3 rings (SSSR count). The normalized spacial score (nSPS) is 19.1. The number of aromatic nitrogens is 1. The minimum absolute atomic E-state index is 0.192. The van der Waals surface area contributed by atoms with Crippen LogP contribution < -0.4 is 0 Å². The summed E-state index contributed by atoms with van der Waals surface area (Å²) in [4.78, 5) is 5.03. The van der Waals surface area contributed by atoms with Crippen molar-refractivity contribution in [3.63, 3.8) is 0 Å². The van der Waals surface area contributed by atoms with E-state index < -0.39 is 0 Å². The van der Waals surface area contributed by atoms with Crippen LogP contribution in [0.5, 0.6) is 0 Å². The molecule has 0 saturated heterocycles. The summed E-state index contributed by atoms with van der Waals surface area (Å²) in [7, 11) is 0. The molecule has 0 N–H and O–H groups in total. The Kier molecular flexibility index (Phi) is 3.93. The zero-order valence-electron chi connectivity index (χ0n) is 12.4. The molecule has 20 heavy (non-hydrogen) atoms. The van der Waals surface area contributed by atoms with Gasteiger partial charge in [0.2, 0.25) is 0 Å². The van der Waals surface area contributed by atoms with Crippen molar-refractivity contribution in [2.45, 2.75) is 57.3 Å². The van der Waals surface area contributed by atoms with Crippen LogP contribution in [0.2, 0.25) is 0 Å². The fraction of sp³-hybridized carbons (Fsp3) is 0.500. The van der Waals surface area contributed by atoms with E-state index in [1.54, 1.807) is 0 Å². The fourth-order valence-corrected chi connectivity index (χ4v) is 4.53. The summed E-state index contributed by atoms with van der Waals surface area (Å²) >= 11 is 1.87. The maximum Gasteiger partial charge on any atom is 0.103 e. The zero-order chi connectivity index (χ0) is 14.0. The number of rotatable bonds is 4. The molecule has 2 heteroatoms. The smallest absolute Gasteiger partial charge is 0.103 e. The first kappa shape index (κ1) is 13.8. The number of benzene rings is 1. The lowest BCUT2D eigenvalue weighted by Crippen LogP contribution is -2.23. The van der Waals surface area contributed by atoms with E-state index in [1.807, 2.05) is 11.3 Å². The molecular formula is C18H23NS. The van der Waals surface area contributed by atoms with Crippen molar-refractivity contribution < 1.29 is 0 Å². The summed E-state index contributed by atoms with van der Waals surface area (Å²) < 4.78 is 0. The van der Waals surface area contributed by atoms with E-state index in [4.69, 9.17) is 4.98 Å². The van der Waals surface area contributed by atoms with Gasteiger partial charge in [-0.05, 0) is 30.7 Å². The molecule has 1 aliphatic carbocycles. The molecule has 1 fully saturated rings. The minimum Gasteiger partial charge on any atom is -0.245 e. The van der Waals surface area contributed by atoms with Crippen molar-refractivity contribution in [1.82, 2.24) is 4.98 Å². The van der Waals surface area contributed by atoms with Gasteiger partial charge in [0.05, 0.1) is 5.69 Å². The third-order valence-corrected chi connectivity index (χ3v) is 5.90. The van der Waals surface area contributed by atoms with Gasteiger partial charge in [0.15, 0.2) is 0 Å². The van der Waals surface area contributed by atoms with Crippen molar-refractivity contribution in [1.29, 1.82) is 0 Å². The Labute approximate surface area is 126 Å². The maximum absolute atomic E-state index is 5.03. The molecule has 0 amide bonds. The third-order valence-electron chi connectivity index (χ3n) is 4.83. The predicted octanol–water partition coefficient (Wildman–Crippen LogP) is 5.52. The number of hydrogen-bond donors (Lipinski definition) is 0. The SMILES string of the molecule is CCC(C)c1csc(C2(c3ccccc3)CCCC2)n1. The first-order chi connectivity index (χ1) is 9.76. The molecule has 1 aromatic heterocycles. The van der Waals surface area contributed by atoms with Gasteiger partial charge in [-0.15, -0.1) is 11.3 Å². The molecule has 1 atom stereocenters. The number of thiazole rings is 1. The van der Waals surface area contributed by atoms with Crippen LogP contribution >= 0.6 is 11.3 Å². The van der Waals surface area contributed by atoms with Gasteiger partial charge in [-0.25, -0.2) is 4.98 Å². The number of nitrogens with zero attached hydrogens (tertiary/aromatic N) is 1. The Morgan fingerprint density at radius 2 is 1.90 bits per heavy atom. The van der Waals surface area contributed by atoms with Gasteiger partial charge in [-0.2, -0.15) is 0 Å². The summed E-state index contributed by atoms with van der Waals surface area (Å²) in [6.45, 7) is 4.52. The van der Waals surface area contributed by atoms with Crippen molar-refractivity contribution >= 4 is 11.3 Å². The first-order valence-corrected chi connectivity index (χ1v) is 8.65. The summed E-state index contributed by atoms with van der Waals surface area (Å²) in [5.74, 6) is 0.578. The highest BCUT2D eigenvalue weighted by Crippen LogP contribution is 2.47. The number of hydrogen-bond acceptors (Lipinski definition) is 2. The minimum atomic E-state index is 0.192. The second-order valence-corrected chi connectivity index (χ2v) is 6.90. The monoisotopic (exact) mass is 285 g/mol. The van der Waals surface area contributed by atoms with Crippen LogP contribution in [-0.4, -0.2) is 4.98 Å². The molecule has 1 nitrogen and oxygen atoms in total. The van der Waals surface area contributed by atoms with Gasteiger partial charge in [-0.3, -0.25) is 0 Å². The quantitative estimate of drug-likeness (QED) is 0.721. The van der Waals surface area contributed by atoms with Crippen LogP contribution in [0.25, 0.3) is 0 Å². The van der Waals surface area contributed by atoms with Gasteiger partial charge in [-0.1, -0.05) is 57.0 Å². The standard InChI is InChI=1S/C18H23NS/c1-3-14(2)16-13-20-17(19-16)18(11-7-8-12-18)15-9-5-4-6-10-15/h4-6,9-10,13-14H,3,7-8,11-12H2,1-2H3. The molecule has 0 aliphatic heterocycles.